The summed E-state index contributed by atoms with van der Waals surface area (Å²) in [5, 5.41) is 1.38. The van der Waals surface area contributed by atoms with E-state index in [1.165, 1.54) is 108 Å². The van der Waals surface area contributed by atoms with Gasteiger partial charge in [0.05, 0.1) is 0 Å². The van der Waals surface area contributed by atoms with Crippen LogP contribution in [0.15, 0.2) is 42.5 Å². The van der Waals surface area contributed by atoms with E-state index >= 15 is 0 Å². The van der Waals surface area contributed by atoms with Crippen LogP contribution in [0.2, 0.25) is 0 Å². The summed E-state index contributed by atoms with van der Waals surface area (Å²) in [6, 6.07) is 10.6. The SMILES string of the molecule is CCCCCCCCC=CCCCCCCCCCCCCOC(C[PH](CC)(CC)c1ccccc1)O[PH](=O)O. The normalized spacial score (nSPS) is 14.1. The van der Waals surface area contributed by atoms with Crippen LogP contribution in [0.25, 0.3) is 0 Å². The summed E-state index contributed by atoms with van der Waals surface area (Å²) in [4.78, 5) is 9.46. The number of benzene rings is 1. The van der Waals surface area contributed by atoms with Crippen LogP contribution in [0, 0.1) is 0 Å². The molecule has 1 aromatic rings. The topological polar surface area (TPSA) is 55.8 Å². The molecule has 0 amide bonds. The van der Waals surface area contributed by atoms with Crippen LogP contribution in [0.1, 0.15) is 136 Å². The van der Waals surface area contributed by atoms with Crippen molar-refractivity contribution in [2.45, 2.75) is 143 Å². The standard InChI is InChI=1S/C34H64O4P2/c1-4-7-8-9-10-11-12-13-14-15-16-17-18-19-20-21-22-23-24-28-31-37-34(38-39(35)36)32-40(5-2,6-3)33-29-26-25-27-30-33/h13-14,25-27,29-30,34,39-40H,4-12,15-24,28,31-32H2,1-3H3,(H,35,36). The van der Waals surface area contributed by atoms with Gasteiger partial charge >= 0.3 is 166 Å². The molecule has 0 fully saturated rings. The van der Waals surface area contributed by atoms with Crippen molar-refractivity contribution in [3.05, 3.63) is 42.5 Å². The summed E-state index contributed by atoms with van der Waals surface area (Å²) in [6.45, 7) is 7.34. The Kier molecular flexibility index (Phi) is 24.5. The summed E-state index contributed by atoms with van der Waals surface area (Å²) in [7, 11) is -4.89. The zero-order valence-electron chi connectivity index (χ0n) is 26.3. The van der Waals surface area contributed by atoms with Gasteiger partial charge in [0.1, 0.15) is 0 Å². The van der Waals surface area contributed by atoms with Crippen molar-refractivity contribution in [2.75, 3.05) is 25.1 Å². The molecule has 0 bridgehead atoms. The van der Waals surface area contributed by atoms with E-state index in [0.717, 1.165) is 31.3 Å². The van der Waals surface area contributed by atoms with Crippen LogP contribution >= 0.6 is 15.5 Å². The summed E-state index contributed by atoms with van der Waals surface area (Å²) in [6.07, 6.45) is 30.7. The zero-order chi connectivity index (χ0) is 29.2. The van der Waals surface area contributed by atoms with E-state index < -0.39 is 21.8 Å². The molecular formula is C34H64O4P2. The molecule has 0 aromatic heterocycles. The first-order valence-electron chi connectivity index (χ1n) is 16.8. The number of rotatable bonds is 28. The minimum absolute atomic E-state index is 0.584. The summed E-state index contributed by atoms with van der Waals surface area (Å²) in [5.74, 6) is 0. The molecule has 234 valence electrons. The zero-order valence-corrected chi connectivity index (χ0v) is 28.3. The Morgan fingerprint density at radius 3 is 1.68 bits per heavy atom. The van der Waals surface area contributed by atoms with Crippen molar-refractivity contribution >= 4 is 20.8 Å². The Morgan fingerprint density at radius 2 is 1.20 bits per heavy atom. The third-order valence-electron chi connectivity index (χ3n) is 8.49. The van der Waals surface area contributed by atoms with Crippen molar-refractivity contribution < 1.29 is 18.7 Å². The molecule has 0 heterocycles. The molecule has 2 unspecified atom stereocenters. The van der Waals surface area contributed by atoms with Crippen LogP contribution in [0.4, 0.5) is 0 Å². The third-order valence-corrected chi connectivity index (χ3v) is 14.3. The number of hydrogen-bond acceptors (Lipinski definition) is 3. The van der Waals surface area contributed by atoms with Gasteiger partial charge in [0.25, 0.3) is 0 Å². The second kappa shape index (κ2) is 26.2. The van der Waals surface area contributed by atoms with Gasteiger partial charge in [-0.05, 0) is 25.7 Å². The van der Waals surface area contributed by atoms with Crippen molar-refractivity contribution in [2.24, 2.45) is 0 Å². The summed E-state index contributed by atoms with van der Waals surface area (Å²) < 4.78 is 23.0. The van der Waals surface area contributed by atoms with Gasteiger partial charge in [-0.3, -0.25) is 0 Å². The third kappa shape index (κ3) is 18.8. The van der Waals surface area contributed by atoms with Gasteiger partial charge in [-0.1, -0.05) is 57.6 Å². The second-order valence-corrected chi connectivity index (χ2v) is 17.3. The molecule has 0 saturated carbocycles. The molecular weight excluding hydrogens is 534 g/mol. The van der Waals surface area contributed by atoms with Gasteiger partial charge in [-0.2, -0.15) is 0 Å². The molecule has 6 heteroatoms. The van der Waals surface area contributed by atoms with Gasteiger partial charge in [0.2, 0.25) is 0 Å². The van der Waals surface area contributed by atoms with Crippen LogP contribution in [-0.4, -0.2) is 36.3 Å². The molecule has 0 spiro atoms. The van der Waals surface area contributed by atoms with E-state index in [2.05, 4.69) is 57.2 Å². The maximum absolute atomic E-state index is 11.5. The van der Waals surface area contributed by atoms with Crippen LogP contribution < -0.4 is 5.30 Å². The summed E-state index contributed by atoms with van der Waals surface area (Å²) in [5.41, 5.74) is 0. The van der Waals surface area contributed by atoms with Crippen molar-refractivity contribution in [1.82, 2.24) is 0 Å². The molecule has 1 N–H and O–H groups in total. The minimum atomic E-state index is -3.03. The van der Waals surface area contributed by atoms with Crippen molar-refractivity contribution in [1.29, 1.82) is 0 Å². The predicted octanol–water partition coefficient (Wildman–Crippen LogP) is 10.4. The second-order valence-electron chi connectivity index (χ2n) is 11.6. The molecule has 1 rings (SSSR count). The van der Waals surface area contributed by atoms with E-state index in [-0.39, 0.29) is 0 Å². The molecule has 0 aliphatic heterocycles. The fourth-order valence-electron chi connectivity index (χ4n) is 5.69. The Hall–Kier alpha value is -0.500. The molecule has 0 aliphatic rings. The fraction of sp³-hybridized carbons (Fsp3) is 0.765. The Bertz CT molecular complexity index is 737. The first kappa shape index (κ1) is 37.5. The average Bonchev–Trinajstić information content (AvgIpc) is 2.96. The van der Waals surface area contributed by atoms with Gasteiger partial charge in [0, 0.05) is 0 Å². The van der Waals surface area contributed by atoms with Crippen molar-refractivity contribution in [3.63, 3.8) is 0 Å². The van der Waals surface area contributed by atoms with Crippen LogP contribution in [0.3, 0.4) is 0 Å². The van der Waals surface area contributed by atoms with Gasteiger partial charge in [-0.15, -0.1) is 0 Å². The average molecular weight is 599 g/mol. The molecule has 0 saturated heterocycles. The Balaban J connectivity index is 2.06. The maximum atomic E-state index is 11.5. The number of ether oxygens (including phenoxy) is 1. The Labute approximate surface area is 249 Å². The fourth-order valence-corrected chi connectivity index (χ4v) is 10.1. The molecule has 40 heavy (non-hydrogen) atoms. The molecule has 1 aromatic carbocycles. The molecule has 0 aliphatic carbocycles. The van der Waals surface area contributed by atoms with E-state index in [1.807, 2.05) is 6.07 Å². The van der Waals surface area contributed by atoms with Crippen LogP contribution in [0.5, 0.6) is 0 Å². The predicted molar refractivity (Wildman–Crippen MR) is 180 cm³/mol. The van der Waals surface area contributed by atoms with Gasteiger partial charge < -0.3 is 0 Å². The van der Waals surface area contributed by atoms with Gasteiger partial charge in [-0.25, -0.2) is 0 Å². The van der Waals surface area contributed by atoms with E-state index in [9.17, 15) is 9.46 Å². The van der Waals surface area contributed by atoms with Crippen LogP contribution in [-0.2, 0) is 13.8 Å². The monoisotopic (exact) mass is 598 g/mol. The first-order valence-corrected chi connectivity index (χ1v) is 20.7. The first-order chi connectivity index (χ1) is 19.6. The van der Waals surface area contributed by atoms with E-state index in [4.69, 9.17) is 9.26 Å². The molecule has 4 nitrogen and oxygen atoms in total. The molecule has 2 atom stereocenters. The number of allylic oxidation sites excluding steroid dienone is 2. The molecule has 0 radical (unpaired) electrons. The van der Waals surface area contributed by atoms with E-state index in [1.54, 1.807) is 0 Å². The van der Waals surface area contributed by atoms with Gasteiger partial charge in [0.15, 0.2) is 0 Å². The summed E-state index contributed by atoms with van der Waals surface area (Å²) >= 11 is 0. The van der Waals surface area contributed by atoms with Crippen molar-refractivity contribution in [3.8, 4) is 0 Å². The van der Waals surface area contributed by atoms with E-state index in [0.29, 0.717) is 6.61 Å². The number of unbranched alkanes of at least 4 members (excludes halogenated alkanes) is 16. The number of hydrogen-bond donors (Lipinski definition) is 1. The quantitative estimate of drug-likeness (QED) is 0.0451. The Morgan fingerprint density at radius 1 is 0.725 bits per heavy atom.